The van der Waals surface area contributed by atoms with Gasteiger partial charge in [0.05, 0.1) is 5.69 Å². The van der Waals surface area contributed by atoms with E-state index < -0.39 is 0 Å². The molecule has 0 aliphatic carbocycles. The first-order chi connectivity index (χ1) is 6.54. The van der Waals surface area contributed by atoms with Crippen LogP contribution in [-0.2, 0) is 12.0 Å². The van der Waals surface area contributed by atoms with Crippen LogP contribution in [0, 0.1) is 0 Å². The van der Waals surface area contributed by atoms with E-state index in [2.05, 4.69) is 43.0 Å². The first kappa shape index (κ1) is 11.1. The van der Waals surface area contributed by atoms with Crippen LogP contribution < -0.4 is 5.32 Å². The molecule has 0 aliphatic rings. The molecule has 0 fully saturated rings. The average molecular weight is 193 g/mol. The third-order valence-corrected chi connectivity index (χ3v) is 1.94. The quantitative estimate of drug-likeness (QED) is 0.796. The van der Waals surface area contributed by atoms with Gasteiger partial charge in [-0.25, -0.2) is 9.97 Å². The maximum absolute atomic E-state index is 4.51. The monoisotopic (exact) mass is 193 g/mol. The third-order valence-electron chi connectivity index (χ3n) is 1.94. The van der Waals surface area contributed by atoms with Crippen LogP contribution in [0.15, 0.2) is 12.3 Å². The van der Waals surface area contributed by atoms with Crippen LogP contribution in [0.4, 0.5) is 0 Å². The molecule has 1 aromatic rings. The Hall–Kier alpha value is -0.960. The molecule has 0 amide bonds. The SMILES string of the molecule is CCNCc1ccnc(C(C)(C)C)n1. The van der Waals surface area contributed by atoms with Gasteiger partial charge in [0.15, 0.2) is 0 Å². The molecule has 0 saturated heterocycles. The highest BCUT2D eigenvalue weighted by Crippen LogP contribution is 2.17. The summed E-state index contributed by atoms with van der Waals surface area (Å²) in [6.07, 6.45) is 1.83. The summed E-state index contributed by atoms with van der Waals surface area (Å²) in [6, 6.07) is 1.96. The van der Waals surface area contributed by atoms with Crippen molar-refractivity contribution in [2.75, 3.05) is 6.54 Å². The molecule has 14 heavy (non-hydrogen) atoms. The molecular weight excluding hydrogens is 174 g/mol. The minimum Gasteiger partial charge on any atom is -0.311 e. The van der Waals surface area contributed by atoms with E-state index in [1.807, 2.05) is 12.3 Å². The molecule has 3 heteroatoms. The van der Waals surface area contributed by atoms with Crippen molar-refractivity contribution >= 4 is 0 Å². The Morgan fingerprint density at radius 2 is 2.07 bits per heavy atom. The van der Waals surface area contributed by atoms with Crippen molar-refractivity contribution in [3.8, 4) is 0 Å². The predicted octanol–water partition coefficient (Wildman–Crippen LogP) is 1.88. The van der Waals surface area contributed by atoms with E-state index in [1.165, 1.54) is 0 Å². The Morgan fingerprint density at radius 1 is 1.36 bits per heavy atom. The lowest BCUT2D eigenvalue weighted by Crippen LogP contribution is -2.19. The van der Waals surface area contributed by atoms with Gasteiger partial charge in [0.1, 0.15) is 5.82 Å². The minimum absolute atomic E-state index is 0.0300. The van der Waals surface area contributed by atoms with Crippen LogP contribution in [0.3, 0.4) is 0 Å². The summed E-state index contributed by atoms with van der Waals surface area (Å²) in [5.74, 6) is 0.910. The third kappa shape index (κ3) is 3.07. The van der Waals surface area contributed by atoms with Gasteiger partial charge in [-0.1, -0.05) is 27.7 Å². The van der Waals surface area contributed by atoms with E-state index in [9.17, 15) is 0 Å². The number of aromatic nitrogens is 2. The van der Waals surface area contributed by atoms with Crippen molar-refractivity contribution in [1.29, 1.82) is 0 Å². The van der Waals surface area contributed by atoms with E-state index in [0.717, 1.165) is 24.6 Å². The van der Waals surface area contributed by atoms with Crippen LogP contribution in [0.1, 0.15) is 39.2 Å². The maximum atomic E-state index is 4.51. The average Bonchev–Trinajstić information content (AvgIpc) is 2.14. The van der Waals surface area contributed by atoms with Crippen LogP contribution >= 0.6 is 0 Å². The highest BCUT2D eigenvalue weighted by Gasteiger charge is 2.16. The lowest BCUT2D eigenvalue weighted by Gasteiger charge is -2.16. The fourth-order valence-electron chi connectivity index (χ4n) is 1.11. The minimum atomic E-state index is 0.0300. The summed E-state index contributed by atoms with van der Waals surface area (Å²) in [7, 11) is 0. The summed E-state index contributed by atoms with van der Waals surface area (Å²) in [4.78, 5) is 8.79. The second-order valence-corrected chi connectivity index (χ2v) is 4.40. The van der Waals surface area contributed by atoms with Gasteiger partial charge in [0.2, 0.25) is 0 Å². The number of rotatable bonds is 3. The van der Waals surface area contributed by atoms with E-state index in [-0.39, 0.29) is 5.41 Å². The molecule has 1 heterocycles. The van der Waals surface area contributed by atoms with Gasteiger partial charge >= 0.3 is 0 Å². The van der Waals surface area contributed by atoms with Crippen LogP contribution in [0.25, 0.3) is 0 Å². The Labute approximate surface area is 86.0 Å². The number of nitrogens with one attached hydrogen (secondary N) is 1. The summed E-state index contributed by atoms with van der Waals surface area (Å²) >= 11 is 0. The highest BCUT2D eigenvalue weighted by molar-refractivity contribution is 5.08. The van der Waals surface area contributed by atoms with Crippen molar-refractivity contribution in [2.24, 2.45) is 0 Å². The van der Waals surface area contributed by atoms with Crippen LogP contribution in [0.5, 0.6) is 0 Å². The standard InChI is InChI=1S/C11H19N3/c1-5-12-8-9-6-7-13-10(14-9)11(2,3)4/h6-7,12H,5,8H2,1-4H3. The van der Waals surface area contributed by atoms with Gasteiger partial charge in [0, 0.05) is 18.2 Å². The van der Waals surface area contributed by atoms with Crippen LogP contribution in [-0.4, -0.2) is 16.5 Å². The zero-order valence-corrected chi connectivity index (χ0v) is 9.46. The van der Waals surface area contributed by atoms with Crippen molar-refractivity contribution in [1.82, 2.24) is 15.3 Å². The summed E-state index contributed by atoms with van der Waals surface area (Å²) < 4.78 is 0. The van der Waals surface area contributed by atoms with Gasteiger partial charge in [0.25, 0.3) is 0 Å². The molecular formula is C11H19N3. The van der Waals surface area contributed by atoms with Gasteiger partial charge < -0.3 is 5.32 Å². The molecule has 1 aromatic heterocycles. The lowest BCUT2D eigenvalue weighted by molar-refractivity contribution is 0.538. The second kappa shape index (κ2) is 4.51. The summed E-state index contributed by atoms with van der Waals surface area (Å²) in [5.41, 5.74) is 1.09. The summed E-state index contributed by atoms with van der Waals surface area (Å²) in [5, 5.41) is 3.25. The number of hydrogen-bond acceptors (Lipinski definition) is 3. The topological polar surface area (TPSA) is 37.8 Å². The van der Waals surface area contributed by atoms with Gasteiger partial charge in [-0.2, -0.15) is 0 Å². The zero-order valence-electron chi connectivity index (χ0n) is 9.46. The fourth-order valence-corrected chi connectivity index (χ4v) is 1.11. The Balaban J connectivity index is 2.79. The van der Waals surface area contributed by atoms with E-state index >= 15 is 0 Å². The van der Waals surface area contributed by atoms with Gasteiger partial charge in [-0.05, 0) is 12.6 Å². The first-order valence-electron chi connectivity index (χ1n) is 5.07. The zero-order chi connectivity index (χ0) is 10.6. The van der Waals surface area contributed by atoms with Crippen molar-refractivity contribution in [3.05, 3.63) is 23.8 Å². The Morgan fingerprint density at radius 3 is 2.64 bits per heavy atom. The maximum Gasteiger partial charge on any atom is 0.133 e. The summed E-state index contributed by atoms with van der Waals surface area (Å²) in [6.45, 7) is 10.3. The smallest absolute Gasteiger partial charge is 0.133 e. The first-order valence-corrected chi connectivity index (χ1v) is 5.07. The molecule has 0 spiro atoms. The van der Waals surface area contributed by atoms with Gasteiger partial charge in [-0.3, -0.25) is 0 Å². The second-order valence-electron chi connectivity index (χ2n) is 4.40. The number of hydrogen-bond donors (Lipinski definition) is 1. The van der Waals surface area contributed by atoms with Crippen molar-refractivity contribution in [3.63, 3.8) is 0 Å². The van der Waals surface area contributed by atoms with Gasteiger partial charge in [-0.15, -0.1) is 0 Å². The van der Waals surface area contributed by atoms with Crippen LogP contribution in [0.2, 0.25) is 0 Å². The van der Waals surface area contributed by atoms with E-state index in [0.29, 0.717) is 0 Å². The highest BCUT2D eigenvalue weighted by atomic mass is 14.9. The molecule has 0 bridgehead atoms. The molecule has 1 rings (SSSR count). The molecule has 0 aliphatic heterocycles. The lowest BCUT2D eigenvalue weighted by atomic mass is 9.96. The normalized spacial score (nSPS) is 11.7. The largest absolute Gasteiger partial charge is 0.311 e. The molecule has 0 radical (unpaired) electrons. The fraction of sp³-hybridized carbons (Fsp3) is 0.636. The van der Waals surface area contributed by atoms with Crippen molar-refractivity contribution < 1.29 is 0 Å². The number of nitrogens with zero attached hydrogens (tertiary/aromatic N) is 2. The molecule has 0 unspecified atom stereocenters. The molecule has 0 atom stereocenters. The van der Waals surface area contributed by atoms with E-state index in [4.69, 9.17) is 0 Å². The Kier molecular flexibility index (Phi) is 3.58. The molecule has 0 aromatic carbocycles. The molecule has 1 N–H and O–H groups in total. The molecule has 3 nitrogen and oxygen atoms in total. The van der Waals surface area contributed by atoms with Crippen molar-refractivity contribution in [2.45, 2.75) is 39.7 Å². The van der Waals surface area contributed by atoms with E-state index in [1.54, 1.807) is 0 Å². The Bertz CT molecular complexity index is 289. The molecule has 78 valence electrons. The molecule has 0 saturated carbocycles. The predicted molar refractivity (Wildman–Crippen MR) is 58.1 cm³/mol.